The van der Waals surface area contributed by atoms with Crippen LogP contribution in [0.3, 0.4) is 0 Å². The van der Waals surface area contributed by atoms with Gasteiger partial charge in [0.25, 0.3) is 5.91 Å². The first-order valence-corrected chi connectivity index (χ1v) is 8.18. The van der Waals surface area contributed by atoms with Crippen LogP contribution in [0.4, 0.5) is 0 Å². The van der Waals surface area contributed by atoms with Crippen LogP contribution in [0.1, 0.15) is 34.3 Å². The number of aryl methyl sites for hydroxylation is 2. The Bertz CT molecular complexity index is 679. The Morgan fingerprint density at radius 3 is 2.96 bits per heavy atom. The number of carbonyl (C=O) groups excluding carboxylic acids is 1. The van der Waals surface area contributed by atoms with Gasteiger partial charge in [-0.1, -0.05) is 24.3 Å². The number of benzene rings is 1. The number of likely N-dealkylation sites (tertiary alicyclic amines) is 1. The number of hydrogen-bond acceptors (Lipinski definition) is 3. The molecule has 1 N–H and O–H groups in total. The van der Waals surface area contributed by atoms with E-state index in [1.54, 1.807) is 17.1 Å². The summed E-state index contributed by atoms with van der Waals surface area (Å²) in [4.78, 5) is 14.7. The summed E-state index contributed by atoms with van der Waals surface area (Å²) in [5.74, 6) is -0.0270. The van der Waals surface area contributed by atoms with Crippen molar-refractivity contribution in [1.29, 1.82) is 0 Å². The van der Waals surface area contributed by atoms with Crippen molar-refractivity contribution >= 4 is 5.91 Å². The molecule has 1 amide bonds. The third-order valence-electron chi connectivity index (χ3n) is 4.46. The zero-order valence-electron chi connectivity index (χ0n) is 13.8. The van der Waals surface area contributed by atoms with Crippen molar-refractivity contribution in [3.8, 4) is 0 Å². The third-order valence-corrected chi connectivity index (χ3v) is 4.46. The zero-order chi connectivity index (χ0) is 16.2. The number of rotatable bonds is 4. The first-order chi connectivity index (χ1) is 11.1. The molecule has 0 saturated carbocycles. The molecule has 1 saturated heterocycles. The number of amides is 1. The monoisotopic (exact) mass is 312 g/mol. The summed E-state index contributed by atoms with van der Waals surface area (Å²) in [5.41, 5.74) is 3.32. The maximum atomic E-state index is 12.3. The lowest BCUT2D eigenvalue weighted by molar-refractivity contribution is 0.0900. The highest BCUT2D eigenvalue weighted by molar-refractivity contribution is 5.93. The van der Waals surface area contributed by atoms with Crippen LogP contribution in [-0.2, 0) is 13.6 Å². The smallest absolute Gasteiger partial charge is 0.254 e. The first-order valence-electron chi connectivity index (χ1n) is 8.18. The van der Waals surface area contributed by atoms with E-state index in [4.69, 9.17) is 0 Å². The minimum absolute atomic E-state index is 0.0270. The normalized spacial score (nSPS) is 18.8. The number of carbonyl (C=O) groups is 1. The molecule has 1 atom stereocenters. The molecule has 122 valence electrons. The van der Waals surface area contributed by atoms with Crippen LogP contribution in [0.5, 0.6) is 0 Å². The molecule has 0 radical (unpaired) electrons. The average Bonchev–Trinajstić information content (AvgIpc) is 2.97. The van der Waals surface area contributed by atoms with E-state index in [-0.39, 0.29) is 11.9 Å². The lowest BCUT2D eigenvalue weighted by Gasteiger charge is -2.33. The van der Waals surface area contributed by atoms with E-state index < -0.39 is 0 Å². The first kappa shape index (κ1) is 15.7. The topological polar surface area (TPSA) is 50.2 Å². The molecule has 0 bridgehead atoms. The van der Waals surface area contributed by atoms with E-state index in [0.717, 1.165) is 32.5 Å². The molecule has 1 aromatic heterocycles. The van der Waals surface area contributed by atoms with Gasteiger partial charge in [0.2, 0.25) is 0 Å². The minimum atomic E-state index is -0.0270. The van der Waals surface area contributed by atoms with Gasteiger partial charge in [-0.15, -0.1) is 0 Å². The summed E-state index contributed by atoms with van der Waals surface area (Å²) in [5, 5.41) is 7.20. The average molecular weight is 312 g/mol. The van der Waals surface area contributed by atoms with E-state index >= 15 is 0 Å². The van der Waals surface area contributed by atoms with E-state index in [1.165, 1.54) is 11.1 Å². The van der Waals surface area contributed by atoms with Crippen molar-refractivity contribution in [2.24, 2.45) is 7.05 Å². The quantitative estimate of drug-likeness (QED) is 0.941. The van der Waals surface area contributed by atoms with Crippen molar-refractivity contribution in [3.05, 3.63) is 53.3 Å². The number of piperidine rings is 1. The van der Waals surface area contributed by atoms with E-state index in [0.29, 0.717) is 5.56 Å². The molecule has 3 rings (SSSR count). The van der Waals surface area contributed by atoms with Gasteiger partial charge < -0.3 is 5.32 Å². The lowest BCUT2D eigenvalue weighted by atomic mass is 10.0. The van der Waals surface area contributed by atoms with Crippen LogP contribution in [-0.4, -0.2) is 39.7 Å². The molecule has 5 heteroatoms. The molecular weight excluding hydrogens is 288 g/mol. The van der Waals surface area contributed by atoms with Gasteiger partial charge >= 0.3 is 0 Å². The Morgan fingerprint density at radius 1 is 1.39 bits per heavy atom. The highest BCUT2D eigenvalue weighted by Crippen LogP contribution is 2.16. The van der Waals surface area contributed by atoms with Crippen molar-refractivity contribution in [3.63, 3.8) is 0 Å². The predicted octanol–water partition coefficient (Wildman–Crippen LogP) is 2.12. The van der Waals surface area contributed by atoms with Crippen LogP contribution >= 0.6 is 0 Å². The molecule has 1 fully saturated rings. The molecule has 5 nitrogen and oxygen atoms in total. The second-order valence-corrected chi connectivity index (χ2v) is 6.38. The third kappa shape index (κ3) is 3.99. The van der Waals surface area contributed by atoms with Crippen molar-refractivity contribution < 1.29 is 4.79 Å². The summed E-state index contributed by atoms with van der Waals surface area (Å²) in [6.45, 7) is 5.10. The van der Waals surface area contributed by atoms with Crippen molar-refractivity contribution in [1.82, 2.24) is 20.0 Å². The van der Waals surface area contributed by atoms with Crippen LogP contribution < -0.4 is 5.32 Å². The van der Waals surface area contributed by atoms with Gasteiger partial charge in [-0.3, -0.25) is 14.4 Å². The fourth-order valence-electron chi connectivity index (χ4n) is 3.15. The van der Waals surface area contributed by atoms with Crippen molar-refractivity contribution in [2.75, 3.05) is 13.1 Å². The summed E-state index contributed by atoms with van der Waals surface area (Å²) < 4.78 is 1.65. The Kier molecular flexibility index (Phi) is 4.76. The zero-order valence-corrected chi connectivity index (χ0v) is 13.8. The van der Waals surface area contributed by atoms with Crippen molar-refractivity contribution in [2.45, 2.75) is 32.4 Å². The lowest BCUT2D eigenvalue weighted by Crippen LogP contribution is -2.47. The Balaban J connectivity index is 1.58. The van der Waals surface area contributed by atoms with Gasteiger partial charge in [0.1, 0.15) is 0 Å². The van der Waals surface area contributed by atoms with Gasteiger partial charge in [0.05, 0.1) is 11.8 Å². The summed E-state index contributed by atoms with van der Waals surface area (Å²) in [6, 6.07) is 8.72. The summed E-state index contributed by atoms with van der Waals surface area (Å²) in [6.07, 6.45) is 5.52. The molecule has 1 aromatic carbocycles. The fraction of sp³-hybridized carbons (Fsp3) is 0.444. The maximum absolute atomic E-state index is 12.3. The van der Waals surface area contributed by atoms with E-state index in [9.17, 15) is 4.79 Å². The Labute approximate surface area is 137 Å². The highest BCUT2D eigenvalue weighted by atomic mass is 16.1. The molecule has 2 heterocycles. The van der Waals surface area contributed by atoms with Crippen LogP contribution in [0, 0.1) is 6.92 Å². The molecule has 0 spiro atoms. The SMILES string of the molecule is Cc1ccccc1CN1CCCC(NC(=O)c2cnn(C)c2)C1. The van der Waals surface area contributed by atoms with Gasteiger partial charge in [-0.05, 0) is 37.4 Å². The number of nitrogens with zero attached hydrogens (tertiary/aromatic N) is 3. The van der Waals surface area contributed by atoms with E-state index in [2.05, 4.69) is 46.5 Å². The van der Waals surface area contributed by atoms with Gasteiger partial charge in [-0.2, -0.15) is 5.10 Å². The maximum Gasteiger partial charge on any atom is 0.254 e. The second-order valence-electron chi connectivity index (χ2n) is 6.38. The number of aromatic nitrogens is 2. The molecule has 23 heavy (non-hydrogen) atoms. The summed E-state index contributed by atoms with van der Waals surface area (Å²) in [7, 11) is 1.82. The Hall–Kier alpha value is -2.14. The van der Waals surface area contributed by atoms with Gasteiger partial charge in [-0.25, -0.2) is 0 Å². The fourth-order valence-corrected chi connectivity index (χ4v) is 3.15. The molecule has 1 aliphatic rings. The molecule has 1 aliphatic heterocycles. The predicted molar refractivity (Wildman–Crippen MR) is 90.2 cm³/mol. The highest BCUT2D eigenvalue weighted by Gasteiger charge is 2.22. The standard InChI is InChI=1S/C18H24N4O/c1-14-6-3-4-7-15(14)12-22-9-5-8-17(13-22)20-18(23)16-10-19-21(2)11-16/h3-4,6-7,10-11,17H,5,8-9,12-13H2,1-2H3,(H,20,23). The Morgan fingerprint density at radius 2 is 2.22 bits per heavy atom. The second kappa shape index (κ2) is 6.96. The van der Waals surface area contributed by atoms with Crippen LogP contribution in [0.2, 0.25) is 0 Å². The van der Waals surface area contributed by atoms with Gasteiger partial charge in [0, 0.05) is 32.4 Å². The number of nitrogens with one attached hydrogen (secondary N) is 1. The molecule has 2 aromatic rings. The summed E-state index contributed by atoms with van der Waals surface area (Å²) >= 11 is 0. The minimum Gasteiger partial charge on any atom is -0.348 e. The molecule has 0 aliphatic carbocycles. The molecular formula is C18H24N4O. The van der Waals surface area contributed by atoms with E-state index in [1.807, 2.05) is 7.05 Å². The molecule has 1 unspecified atom stereocenters. The largest absolute Gasteiger partial charge is 0.348 e. The van der Waals surface area contributed by atoms with Crippen LogP contribution in [0.25, 0.3) is 0 Å². The number of hydrogen-bond donors (Lipinski definition) is 1. The van der Waals surface area contributed by atoms with Gasteiger partial charge in [0.15, 0.2) is 0 Å². The van der Waals surface area contributed by atoms with Crippen LogP contribution in [0.15, 0.2) is 36.7 Å².